The molecule has 23 heavy (non-hydrogen) atoms. The molecule has 1 aromatic heterocycles. The van der Waals surface area contributed by atoms with E-state index in [1.165, 1.54) is 10.3 Å². The van der Waals surface area contributed by atoms with Crippen molar-refractivity contribution in [2.75, 3.05) is 13.1 Å². The Bertz CT molecular complexity index is 845. The molecule has 1 aliphatic heterocycles. The summed E-state index contributed by atoms with van der Waals surface area (Å²) in [6, 6.07) is 7.36. The van der Waals surface area contributed by atoms with Gasteiger partial charge in [0.15, 0.2) is 0 Å². The molecular weight excluding hydrogens is 290 g/mol. The standard InChI is InChI=1S/C18H21N3O2/c1-12-6-7-13-9-20(10-14(13)8-12)17(22)11-21-18(23)15-4-2-3-5-16(15)19-21/h2-6,13-14,19H,7-11H2,1H3/t13-,14+/m0/s1. The van der Waals surface area contributed by atoms with Crippen LogP contribution in [-0.4, -0.2) is 33.7 Å². The molecule has 0 spiro atoms. The Kier molecular flexibility index (Phi) is 3.36. The smallest absolute Gasteiger partial charge is 0.274 e. The Morgan fingerprint density at radius 2 is 2.04 bits per heavy atom. The average Bonchev–Trinajstić information content (AvgIpc) is 3.09. The normalized spacial score (nSPS) is 23.9. The van der Waals surface area contributed by atoms with Gasteiger partial charge in [-0.15, -0.1) is 0 Å². The van der Waals surface area contributed by atoms with E-state index < -0.39 is 0 Å². The van der Waals surface area contributed by atoms with Gasteiger partial charge < -0.3 is 4.90 Å². The van der Waals surface area contributed by atoms with Gasteiger partial charge in [-0.25, -0.2) is 4.68 Å². The quantitative estimate of drug-likeness (QED) is 0.864. The first-order valence-corrected chi connectivity index (χ1v) is 8.23. The van der Waals surface area contributed by atoms with E-state index >= 15 is 0 Å². The summed E-state index contributed by atoms with van der Waals surface area (Å²) in [7, 11) is 0. The van der Waals surface area contributed by atoms with Crippen LogP contribution in [0.25, 0.3) is 10.9 Å². The number of likely N-dealkylation sites (tertiary alicyclic amines) is 1. The van der Waals surface area contributed by atoms with Gasteiger partial charge in [0.2, 0.25) is 5.91 Å². The molecule has 0 saturated carbocycles. The molecule has 0 radical (unpaired) electrons. The van der Waals surface area contributed by atoms with E-state index in [1.54, 1.807) is 6.07 Å². The highest BCUT2D eigenvalue weighted by Crippen LogP contribution is 2.35. The zero-order valence-electron chi connectivity index (χ0n) is 13.3. The number of H-pyrrole nitrogens is 1. The fraction of sp³-hybridized carbons (Fsp3) is 0.444. The van der Waals surface area contributed by atoms with Crippen molar-refractivity contribution in [3.05, 3.63) is 46.3 Å². The van der Waals surface area contributed by atoms with Crippen LogP contribution >= 0.6 is 0 Å². The minimum atomic E-state index is -0.122. The van der Waals surface area contributed by atoms with Crippen LogP contribution in [0.15, 0.2) is 40.7 Å². The minimum absolute atomic E-state index is 0.0331. The Morgan fingerprint density at radius 3 is 2.87 bits per heavy atom. The van der Waals surface area contributed by atoms with Crippen LogP contribution in [0.5, 0.6) is 0 Å². The Labute approximate surface area is 134 Å². The maximum Gasteiger partial charge on any atom is 0.274 e. The van der Waals surface area contributed by atoms with Crippen LogP contribution in [0, 0.1) is 11.8 Å². The summed E-state index contributed by atoms with van der Waals surface area (Å²) in [5, 5.41) is 3.67. The molecule has 5 nitrogen and oxygen atoms in total. The van der Waals surface area contributed by atoms with Crippen LogP contribution in [-0.2, 0) is 11.3 Å². The number of carbonyl (C=O) groups is 1. The third-order valence-electron chi connectivity index (χ3n) is 5.23. The van der Waals surface area contributed by atoms with Crippen molar-refractivity contribution in [3.8, 4) is 0 Å². The summed E-state index contributed by atoms with van der Waals surface area (Å²) < 4.78 is 1.43. The van der Waals surface area contributed by atoms with E-state index in [0.29, 0.717) is 17.2 Å². The molecule has 4 rings (SSSR count). The number of fused-ring (bicyclic) bond motifs is 2. The molecular formula is C18H21N3O2. The van der Waals surface area contributed by atoms with Gasteiger partial charge in [0.05, 0.1) is 10.9 Å². The molecule has 0 bridgehead atoms. The lowest BCUT2D eigenvalue weighted by atomic mass is 9.83. The van der Waals surface area contributed by atoms with Gasteiger partial charge in [-0.05, 0) is 43.7 Å². The zero-order valence-corrected chi connectivity index (χ0v) is 13.3. The Morgan fingerprint density at radius 1 is 1.26 bits per heavy atom. The summed E-state index contributed by atoms with van der Waals surface area (Å²) in [5.41, 5.74) is 2.09. The Hall–Kier alpha value is -2.30. The number of carbonyl (C=O) groups excluding carboxylic acids is 1. The number of hydrogen-bond acceptors (Lipinski definition) is 2. The van der Waals surface area contributed by atoms with E-state index in [9.17, 15) is 9.59 Å². The monoisotopic (exact) mass is 311 g/mol. The maximum absolute atomic E-state index is 12.6. The summed E-state index contributed by atoms with van der Waals surface area (Å²) >= 11 is 0. The highest BCUT2D eigenvalue weighted by atomic mass is 16.2. The van der Waals surface area contributed by atoms with Crippen molar-refractivity contribution in [1.82, 2.24) is 14.7 Å². The van der Waals surface area contributed by atoms with E-state index in [4.69, 9.17) is 0 Å². The lowest BCUT2D eigenvalue weighted by molar-refractivity contribution is -0.131. The molecule has 2 aromatic rings. The number of allylic oxidation sites excluding steroid dienone is 2. The molecule has 2 heterocycles. The van der Waals surface area contributed by atoms with Crippen molar-refractivity contribution in [1.29, 1.82) is 0 Å². The minimum Gasteiger partial charge on any atom is -0.340 e. The van der Waals surface area contributed by atoms with E-state index in [2.05, 4.69) is 18.1 Å². The van der Waals surface area contributed by atoms with Crippen LogP contribution < -0.4 is 5.56 Å². The predicted octanol–water partition coefficient (Wildman–Crippen LogP) is 2.14. The van der Waals surface area contributed by atoms with Gasteiger partial charge in [0.1, 0.15) is 6.54 Å². The molecule has 1 saturated heterocycles. The first kappa shape index (κ1) is 14.3. The summed E-state index contributed by atoms with van der Waals surface area (Å²) in [5.74, 6) is 1.20. The van der Waals surface area contributed by atoms with Gasteiger partial charge in [0, 0.05) is 13.1 Å². The number of para-hydroxylation sites is 1. The lowest BCUT2D eigenvalue weighted by Crippen LogP contribution is -2.35. The number of amides is 1. The van der Waals surface area contributed by atoms with Gasteiger partial charge in [-0.3, -0.25) is 14.7 Å². The zero-order chi connectivity index (χ0) is 16.0. The molecule has 1 amide bonds. The van der Waals surface area contributed by atoms with Gasteiger partial charge in [-0.1, -0.05) is 23.8 Å². The number of nitrogens with zero attached hydrogens (tertiary/aromatic N) is 2. The highest BCUT2D eigenvalue weighted by Gasteiger charge is 2.36. The molecule has 0 unspecified atom stereocenters. The second kappa shape index (κ2) is 5.41. The van der Waals surface area contributed by atoms with Crippen LogP contribution in [0.2, 0.25) is 0 Å². The summed E-state index contributed by atoms with van der Waals surface area (Å²) in [4.78, 5) is 26.9. The van der Waals surface area contributed by atoms with E-state index in [-0.39, 0.29) is 18.0 Å². The van der Waals surface area contributed by atoms with Crippen molar-refractivity contribution in [2.24, 2.45) is 11.8 Å². The van der Waals surface area contributed by atoms with Crippen LogP contribution in [0.4, 0.5) is 0 Å². The van der Waals surface area contributed by atoms with Crippen molar-refractivity contribution >= 4 is 16.8 Å². The molecule has 2 aliphatic rings. The fourth-order valence-corrected chi connectivity index (χ4v) is 3.95. The maximum atomic E-state index is 12.6. The SMILES string of the molecule is CC1=CC[C@H]2CN(C(=O)Cn3[nH]c4ccccc4c3=O)C[C@H]2C1. The number of benzene rings is 1. The lowest BCUT2D eigenvalue weighted by Gasteiger charge is -2.21. The topological polar surface area (TPSA) is 58.1 Å². The number of nitrogens with one attached hydrogen (secondary N) is 1. The molecule has 1 N–H and O–H groups in total. The van der Waals surface area contributed by atoms with Gasteiger partial charge >= 0.3 is 0 Å². The Balaban J connectivity index is 1.50. The van der Waals surface area contributed by atoms with Gasteiger partial charge in [0.25, 0.3) is 5.56 Å². The second-order valence-corrected chi connectivity index (χ2v) is 6.86. The fourth-order valence-electron chi connectivity index (χ4n) is 3.95. The molecule has 2 atom stereocenters. The van der Waals surface area contributed by atoms with Crippen molar-refractivity contribution < 1.29 is 4.79 Å². The number of hydrogen-bond donors (Lipinski definition) is 1. The average molecular weight is 311 g/mol. The molecule has 1 aromatic carbocycles. The number of aromatic amines is 1. The predicted molar refractivity (Wildman–Crippen MR) is 89.1 cm³/mol. The number of aromatic nitrogens is 2. The summed E-state index contributed by atoms with van der Waals surface area (Å²) in [6.45, 7) is 3.91. The number of rotatable bonds is 2. The highest BCUT2D eigenvalue weighted by molar-refractivity contribution is 5.80. The molecule has 5 heteroatoms. The summed E-state index contributed by atoms with van der Waals surface area (Å²) in [6.07, 6.45) is 4.48. The molecule has 1 aliphatic carbocycles. The van der Waals surface area contributed by atoms with E-state index in [1.807, 2.05) is 23.1 Å². The first-order chi connectivity index (χ1) is 11.1. The third kappa shape index (κ3) is 2.50. The van der Waals surface area contributed by atoms with Crippen LogP contribution in [0.1, 0.15) is 19.8 Å². The second-order valence-electron chi connectivity index (χ2n) is 6.86. The van der Waals surface area contributed by atoms with Crippen LogP contribution in [0.3, 0.4) is 0 Å². The van der Waals surface area contributed by atoms with Crippen molar-refractivity contribution in [3.63, 3.8) is 0 Å². The van der Waals surface area contributed by atoms with Gasteiger partial charge in [-0.2, -0.15) is 0 Å². The third-order valence-corrected chi connectivity index (χ3v) is 5.23. The molecule has 1 fully saturated rings. The largest absolute Gasteiger partial charge is 0.340 e. The molecule has 120 valence electrons. The first-order valence-electron chi connectivity index (χ1n) is 8.23. The van der Waals surface area contributed by atoms with E-state index in [0.717, 1.165) is 31.4 Å². The van der Waals surface area contributed by atoms with Crippen molar-refractivity contribution in [2.45, 2.75) is 26.3 Å².